The van der Waals surface area contributed by atoms with Crippen LogP contribution in [0.5, 0.6) is 0 Å². The molecule has 5 nitrogen and oxygen atoms in total. The molecule has 1 N–H and O–H groups in total. The molecule has 150 valence electrons. The molecule has 1 aromatic carbocycles. The molecule has 0 aliphatic rings. The van der Waals surface area contributed by atoms with Crippen molar-refractivity contribution in [3.8, 4) is 0 Å². The van der Waals surface area contributed by atoms with Crippen LogP contribution in [0, 0.1) is 0 Å². The van der Waals surface area contributed by atoms with Crippen molar-refractivity contribution in [2.24, 2.45) is 0 Å². The third kappa shape index (κ3) is 5.41. The number of nitrogens with one attached hydrogen (secondary N) is 1. The molecule has 0 saturated carbocycles. The average molecular weight is 389 g/mol. The molecule has 2 aromatic heterocycles. The van der Waals surface area contributed by atoms with E-state index in [2.05, 4.69) is 47.0 Å². The van der Waals surface area contributed by atoms with Crippen LogP contribution in [0.15, 0.2) is 67.1 Å². The highest BCUT2D eigenvalue weighted by Gasteiger charge is 2.19. The number of hydrogen-bond donors (Lipinski definition) is 1. The van der Waals surface area contributed by atoms with Crippen molar-refractivity contribution in [3.63, 3.8) is 0 Å². The molecule has 1 amide bonds. The van der Waals surface area contributed by atoms with Crippen LogP contribution in [-0.2, 0) is 11.8 Å². The summed E-state index contributed by atoms with van der Waals surface area (Å²) in [6.07, 6.45) is 6.15. The highest BCUT2D eigenvalue weighted by Crippen LogP contribution is 2.29. The van der Waals surface area contributed by atoms with Crippen molar-refractivity contribution < 1.29 is 4.79 Å². The van der Waals surface area contributed by atoms with Crippen molar-refractivity contribution in [3.05, 3.63) is 83.8 Å². The van der Waals surface area contributed by atoms with Crippen molar-refractivity contribution in [1.82, 2.24) is 9.97 Å². The molecule has 5 heteroatoms. The second-order valence-corrected chi connectivity index (χ2v) is 8.18. The lowest BCUT2D eigenvalue weighted by molar-refractivity contribution is 0.102. The molecule has 0 atom stereocenters. The second kappa shape index (κ2) is 8.86. The van der Waals surface area contributed by atoms with Gasteiger partial charge in [-0.05, 0) is 53.3 Å². The lowest BCUT2D eigenvalue weighted by atomic mass is 9.86. The largest absolute Gasteiger partial charge is 0.359 e. The molecule has 0 bridgehead atoms. The standard InChI is InChI=1S/C24H28N4O/c1-24(2,3)20-7-5-6-8-21(20)27-23(29)19-9-10-22(26-17-19)28(4)16-13-18-11-14-25-15-12-18/h5-12,14-15,17H,13,16H2,1-4H3,(H,27,29). The van der Waals surface area contributed by atoms with Gasteiger partial charge in [-0.2, -0.15) is 0 Å². The lowest BCUT2D eigenvalue weighted by Crippen LogP contribution is -2.22. The fourth-order valence-electron chi connectivity index (χ4n) is 3.15. The van der Waals surface area contributed by atoms with Gasteiger partial charge in [-0.25, -0.2) is 4.98 Å². The third-order valence-corrected chi connectivity index (χ3v) is 4.87. The molecule has 3 rings (SSSR count). The Hall–Kier alpha value is -3.21. The van der Waals surface area contributed by atoms with Gasteiger partial charge in [0.05, 0.1) is 5.56 Å². The number of carbonyl (C=O) groups excluding carboxylic acids is 1. The molecule has 0 aliphatic carbocycles. The minimum Gasteiger partial charge on any atom is -0.359 e. The van der Waals surface area contributed by atoms with Gasteiger partial charge in [-0.15, -0.1) is 0 Å². The number of para-hydroxylation sites is 1. The van der Waals surface area contributed by atoms with Gasteiger partial charge < -0.3 is 10.2 Å². The van der Waals surface area contributed by atoms with Crippen molar-refractivity contribution in [2.75, 3.05) is 23.8 Å². The smallest absolute Gasteiger partial charge is 0.257 e. The monoisotopic (exact) mass is 388 g/mol. The number of likely N-dealkylation sites (N-methyl/N-ethyl adjacent to an activating group) is 1. The molecule has 0 fully saturated rings. The molecular formula is C24H28N4O. The van der Waals surface area contributed by atoms with E-state index in [0.29, 0.717) is 5.56 Å². The quantitative estimate of drug-likeness (QED) is 0.665. The van der Waals surface area contributed by atoms with Crippen LogP contribution in [0.3, 0.4) is 0 Å². The Morgan fingerprint density at radius 1 is 1.03 bits per heavy atom. The number of pyridine rings is 2. The normalized spacial score (nSPS) is 11.2. The van der Waals surface area contributed by atoms with E-state index in [1.54, 1.807) is 18.6 Å². The minimum atomic E-state index is -0.153. The number of nitrogens with zero attached hydrogens (tertiary/aromatic N) is 3. The molecule has 0 aliphatic heterocycles. The van der Waals surface area contributed by atoms with Crippen LogP contribution in [0.4, 0.5) is 11.5 Å². The summed E-state index contributed by atoms with van der Waals surface area (Å²) >= 11 is 0. The molecule has 0 unspecified atom stereocenters. The summed E-state index contributed by atoms with van der Waals surface area (Å²) in [5.74, 6) is 0.686. The topological polar surface area (TPSA) is 58.1 Å². The number of benzene rings is 1. The predicted molar refractivity (Wildman–Crippen MR) is 119 cm³/mol. The van der Waals surface area contributed by atoms with Gasteiger partial charge >= 0.3 is 0 Å². The first kappa shape index (κ1) is 20.5. The van der Waals surface area contributed by atoms with Gasteiger partial charge in [-0.3, -0.25) is 9.78 Å². The van der Waals surface area contributed by atoms with E-state index in [-0.39, 0.29) is 11.3 Å². The highest BCUT2D eigenvalue weighted by atomic mass is 16.1. The Bertz CT molecular complexity index is 947. The first-order valence-corrected chi connectivity index (χ1v) is 9.81. The summed E-state index contributed by atoms with van der Waals surface area (Å²) in [7, 11) is 2.00. The molecule has 0 radical (unpaired) electrons. The number of carbonyl (C=O) groups is 1. The fraction of sp³-hybridized carbons (Fsp3) is 0.292. The van der Waals surface area contributed by atoms with Gasteiger partial charge in [0.15, 0.2) is 0 Å². The SMILES string of the molecule is CN(CCc1ccncc1)c1ccc(C(=O)Nc2ccccc2C(C)(C)C)cn1. The van der Waals surface area contributed by atoms with Crippen LogP contribution in [0.2, 0.25) is 0 Å². The maximum atomic E-state index is 12.7. The summed E-state index contributed by atoms with van der Waals surface area (Å²) in [6.45, 7) is 7.24. The van der Waals surface area contributed by atoms with E-state index in [1.165, 1.54) is 5.56 Å². The molecule has 29 heavy (non-hydrogen) atoms. The van der Waals surface area contributed by atoms with Crippen LogP contribution in [0.25, 0.3) is 0 Å². The van der Waals surface area contributed by atoms with E-state index in [0.717, 1.165) is 30.0 Å². The Balaban J connectivity index is 1.65. The summed E-state index contributed by atoms with van der Waals surface area (Å²) in [4.78, 5) is 23.3. The van der Waals surface area contributed by atoms with E-state index in [1.807, 2.05) is 49.5 Å². The Labute approximate surface area is 172 Å². The van der Waals surface area contributed by atoms with Crippen molar-refractivity contribution in [1.29, 1.82) is 0 Å². The van der Waals surface area contributed by atoms with Crippen molar-refractivity contribution in [2.45, 2.75) is 32.6 Å². The zero-order chi connectivity index (χ0) is 20.9. The number of rotatable bonds is 6. The van der Waals surface area contributed by atoms with Crippen LogP contribution >= 0.6 is 0 Å². The zero-order valence-corrected chi connectivity index (χ0v) is 17.5. The van der Waals surface area contributed by atoms with Gasteiger partial charge in [0.25, 0.3) is 5.91 Å². The van der Waals surface area contributed by atoms with E-state index in [9.17, 15) is 4.79 Å². The summed E-state index contributed by atoms with van der Waals surface area (Å²) < 4.78 is 0. The van der Waals surface area contributed by atoms with Crippen LogP contribution in [0.1, 0.15) is 42.3 Å². The Morgan fingerprint density at radius 3 is 2.41 bits per heavy atom. The minimum absolute atomic E-state index is 0.0521. The van der Waals surface area contributed by atoms with Crippen molar-refractivity contribution >= 4 is 17.4 Å². The predicted octanol–water partition coefficient (Wildman–Crippen LogP) is 4.71. The van der Waals surface area contributed by atoms with Gasteiger partial charge in [0, 0.05) is 37.9 Å². The van der Waals surface area contributed by atoms with Gasteiger partial charge in [0.1, 0.15) is 5.82 Å². The fourth-order valence-corrected chi connectivity index (χ4v) is 3.15. The first-order valence-electron chi connectivity index (χ1n) is 9.81. The summed E-state index contributed by atoms with van der Waals surface area (Å²) in [5.41, 5.74) is 3.67. The maximum Gasteiger partial charge on any atom is 0.257 e. The third-order valence-electron chi connectivity index (χ3n) is 4.87. The second-order valence-electron chi connectivity index (χ2n) is 8.18. The molecule has 3 aromatic rings. The molecular weight excluding hydrogens is 360 g/mol. The van der Waals surface area contributed by atoms with E-state index >= 15 is 0 Å². The zero-order valence-electron chi connectivity index (χ0n) is 17.5. The van der Waals surface area contributed by atoms with Crippen LogP contribution < -0.4 is 10.2 Å². The maximum absolute atomic E-state index is 12.7. The number of amides is 1. The highest BCUT2D eigenvalue weighted by molar-refractivity contribution is 6.04. The molecule has 0 saturated heterocycles. The number of anilines is 2. The lowest BCUT2D eigenvalue weighted by Gasteiger charge is -2.23. The molecule has 0 spiro atoms. The van der Waals surface area contributed by atoms with Crippen LogP contribution in [-0.4, -0.2) is 29.5 Å². The Morgan fingerprint density at radius 2 is 1.76 bits per heavy atom. The average Bonchev–Trinajstić information content (AvgIpc) is 2.72. The Kier molecular flexibility index (Phi) is 6.27. The summed E-state index contributed by atoms with van der Waals surface area (Å²) in [5, 5.41) is 3.03. The first-order chi connectivity index (χ1) is 13.8. The van der Waals surface area contributed by atoms with Gasteiger partial charge in [-0.1, -0.05) is 39.0 Å². The number of hydrogen-bond acceptors (Lipinski definition) is 4. The summed E-state index contributed by atoms with van der Waals surface area (Å²) in [6, 6.07) is 15.7. The molecule has 2 heterocycles. The van der Waals surface area contributed by atoms with E-state index in [4.69, 9.17) is 0 Å². The van der Waals surface area contributed by atoms with E-state index < -0.39 is 0 Å². The number of aromatic nitrogens is 2. The van der Waals surface area contributed by atoms with Gasteiger partial charge in [0.2, 0.25) is 0 Å².